The summed E-state index contributed by atoms with van der Waals surface area (Å²) in [6, 6.07) is 11.4. The van der Waals surface area contributed by atoms with Crippen molar-refractivity contribution >= 4 is 22.6 Å². The molecule has 0 fully saturated rings. The van der Waals surface area contributed by atoms with Crippen LogP contribution in [0.3, 0.4) is 0 Å². The molecule has 0 aliphatic rings. The smallest absolute Gasteiger partial charge is 0.307 e. The maximum Gasteiger partial charge on any atom is 0.416 e. The monoisotopic (exact) mass is 318 g/mol. The first-order valence-corrected chi connectivity index (χ1v) is 6.91. The average Bonchev–Trinajstić information content (AvgIpc) is 2.89. The van der Waals surface area contributed by atoms with Gasteiger partial charge in [-0.15, -0.1) is 0 Å². The number of amides is 1. The largest absolute Gasteiger partial charge is 0.416 e. The predicted molar refractivity (Wildman–Crippen MR) is 82.5 cm³/mol. The van der Waals surface area contributed by atoms with Crippen molar-refractivity contribution in [2.24, 2.45) is 0 Å². The van der Waals surface area contributed by atoms with E-state index in [9.17, 15) is 18.0 Å². The molecule has 1 aromatic heterocycles. The van der Waals surface area contributed by atoms with Crippen molar-refractivity contribution in [3.8, 4) is 0 Å². The molecule has 0 radical (unpaired) electrons. The molecule has 0 spiro atoms. The van der Waals surface area contributed by atoms with E-state index in [1.54, 1.807) is 18.3 Å². The summed E-state index contributed by atoms with van der Waals surface area (Å²) in [6.07, 6.45) is -2.86. The zero-order valence-electron chi connectivity index (χ0n) is 12.2. The van der Waals surface area contributed by atoms with Gasteiger partial charge in [0.2, 0.25) is 0 Å². The third-order valence-corrected chi connectivity index (χ3v) is 3.51. The van der Waals surface area contributed by atoms with Gasteiger partial charge in [-0.1, -0.05) is 17.7 Å². The van der Waals surface area contributed by atoms with Crippen molar-refractivity contribution in [3.05, 3.63) is 65.9 Å². The number of fused-ring (bicyclic) bond motifs is 1. The predicted octanol–water partition coefficient (Wildman–Crippen LogP) is 5.05. The third kappa shape index (κ3) is 3.06. The molecule has 0 aliphatic carbocycles. The summed E-state index contributed by atoms with van der Waals surface area (Å²) in [5.74, 6) is 0. The number of hydrogen-bond donors (Lipinski definition) is 1. The lowest BCUT2D eigenvalue weighted by Gasteiger charge is -2.10. The van der Waals surface area contributed by atoms with E-state index in [1.165, 1.54) is 16.7 Å². The van der Waals surface area contributed by atoms with E-state index in [0.29, 0.717) is 5.52 Å². The maximum atomic E-state index is 12.7. The number of nitrogens with zero attached hydrogens (tertiary/aromatic N) is 1. The highest BCUT2D eigenvalue weighted by Crippen LogP contribution is 2.30. The number of benzene rings is 2. The van der Waals surface area contributed by atoms with Crippen LogP contribution in [0.25, 0.3) is 10.9 Å². The van der Waals surface area contributed by atoms with Gasteiger partial charge < -0.3 is 5.32 Å². The molecular formula is C17H13F3N2O. The van der Waals surface area contributed by atoms with Crippen molar-refractivity contribution in [2.75, 3.05) is 5.32 Å². The molecule has 0 saturated carbocycles. The Hall–Kier alpha value is -2.76. The van der Waals surface area contributed by atoms with E-state index >= 15 is 0 Å². The molecule has 0 atom stereocenters. The minimum atomic E-state index is -4.45. The maximum absolute atomic E-state index is 12.7. The topological polar surface area (TPSA) is 34.0 Å². The fraction of sp³-hybridized carbons (Fsp3) is 0.118. The Morgan fingerprint density at radius 1 is 1.09 bits per heavy atom. The number of halogens is 3. The second-order valence-electron chi connectivity index (χ2n) is 5.26. The molecule has 3 nitrogen and oxygen atoms in total. The lowest BCUT2D eigenvalue weighted by molar-refractivity contribution is -0.137. The molecule has 1 heterocycles. The Balaban J connectivity index is 1.89. The van der Waals surface area contributed by atoms with Crippen molar-refractivity contribution in [1.82, 2.24) is 4.57 Å². The van der Waals surface area contributed by atoms with Crippen LogP contribution in [-0.4, -0.2) is 10.6 Å². The summed E-state index contributed by atoms with van der Waals surface area (Å²) < 4.78 is 39.5. The first-order valence-electron chi connectivity index (χ1n) is 6.91. The van der Waals surface area contributed by atoms with Crippen LogP contribution in [0.15, 0.2) is 54.7 Å². The fourth-order valence-corrected chi connectivity index (χ4v) is 2.40. The van der Waals surface area contributed by atoms with Gasteiger partial charge in [-0.05, 0) is 43.3 Å². The first-order chi connectivity index (χ1) is 10.8. The van der Waals surface area contributed by atoms with Crippen LogP contribution in [0, 0.1) is 6.92 Å². The number of carbonyl (C=O) groups excluding carboxylic acids is 1. The van der Waals surface area contributed by atoms with Crippen molar-refractivity contribution in [1.29, 1.82) is 0 Å². The van der Waals surface area contributed by atoms with Crippen LogP contribution in [0.2, 0.25) is 0 Å². The quantitative estimate of drug-likeness (QED) is 0.669. The summed E-state index contributed by atoms with van der Waals surface area (Å²) >= 11 is 0. The Labute approximate surface area is 130 Å². The van der Waals surface area contributed by atoms with Crippen LogP contribution in [0.5, 0.6) is 0 Å². The van der Waals surface area contributed by atoms with Gasteiger partial charge in [0.1, 0.15) is 0 Å². The van der Waals surface area contributed by atoms with Gasteiger partial charge in [0.25, 0.3) is 0 Å². The fourth-order valence-electron chi connectivity index (χ4n) is 2.40. The summed E-state index contributed by atoms with van der Waals surface area (Å²) in [5.41, 5.74) is 1.05. The van der Waals surface area contributed by atoms with E-state index in [0.717, 1.165) is 23.1 Å². The Morgan fingerprint density at radius 3 is 2.61 bits per heavy atom. The average molecular weight is 318 g/mol. The first kappa shape index (κ1) is 15.1. The number of anilines is 1. The minimum Gasteiger partial charge on any atom is -0.307 e. The number of alkyl halides is 3. The number of hydrogen-bond acceptors (Lipinski definition) is 1. The summed E-state index contributed by atoms with van der Waals surface area (Å²) in [7, 11) is 0. The highest BCUT2D eigenvalue weighted by molar-refractivity contribution is 5.98. The van der Waals surface area contributed by atoms with Gasteiger partial charge >= 0.3 is 12.2 Å². The SMILES string of the molecule is Cc1ccc2c(ccn2C(=O)Nc2cccc(C(F)(F)F)c2)c1. The molecule has 0 aliphatic heterocycles. The Bertz CT molecular complexity index is 881. The van der Waals surface area contributed by atoms with E-state index in [-0.39, 0.29) is 5.69 Å². The van der Waals surface area contributed by atoms with Gasteiger partial charge in [-0.25, -0.2) is 4.79 Å². The molecule has 3 rings (SSSR count). The Morgan fingerprint density at radius 2 is 1.87 bits per heavy atom. The number of rotatable bonds is 1. The van der Waals surface area contributed by atoms with Gasteiger partial charge in [0.15, 0.2) is 0 Å². The second-order valence-corrected chi connectivity index (χ2v) is 5.26. The number of nitrogens with one attached hydrogen (secondary N) is 1. The van der Waals surface area contributed by atoms with Crippen molar-refractivity contribution < 1.29 is 18.0 Å². The van der Waals surface area contributed by atoms with Crippen molar-refractivity contribution in [2.45, 2.75) is 13.1 Å². The number of aryl methyl sites for hydroxylation is 1. The molecule has 0 bridgehead atoms. The van der Waals surface area contributed by atoms with E-state index in [1.807, 2.05) is 19.1 Å². The van der Waals surface area contributed by atoms with Crippen LogP contribution < -0.4 is 5.32 Å². The van der Waals surface area contributed by atoms with Crippen LogP contribution >= 0.6 is 0 Å². The van der Waals surface area contributed by atoms with Crippen molar-refractivity contribution in [3.63, 3.8) is 0 Å². The van der Waals surface area contributed by atoms with Gasteiger partial charge in [-0.3, -0.25) is 4.57 Å². The summed E-state index contributed by atoms with van der Waals surface area (Å²) in [6.45, 7) is 1.94. The number of carbonyl (C=O) groups is 1. The molecular weight excluding hydrogens is 305 g/mol. The molecule has 23 heavy (non-hydrogen) atoms. The van der Waals surface area contributed by atoms with E-state index in [2.05, 4.69) is 5.32 Å². The zero-order valence-corrected chi connectivity index (χ0v) is 12.2. The van der Waals surface area contributed by atoms with Crippen LogP contribution in [0.1, 0.15) is 11.1 Å². The van der Waals surface area contributed by atoms with Crippen LogP contribution in [0.4, 0.5) is 23.7 Å². The molecule has 6 heteroatoms. The molecule has 1 amide bonds. The van der Waals surface area contributed by atoms with Crippen LogP contribution in [-0.2, 0) is 6.18 Å². The normalized spacial score (nSPS) is 11.7. The van der Waals surface area contributed by atoms with E-state index < -0.39 is 17.8 Å². The lowest BCUT2D eigenvalue weighted by atomic mass is 10.2. The third-order valence-electron chi connectivity index (χ3n) is 3.51. The molecule has 0 unspecified atom stereocenters. The second kappa shape index (κ2) is 5.46. The van der Waals surface area contributed by atoms with Gasteiger partial charge in [0.05, 0.1) is 11.1 Å². The summed E-state index contributed by atoms with van der Waals surface area (Å²) in [4.78, 5) is 12.3. The summed E-state index contributed by atoms with van der Waals surface area (Å²) in [5, 5.41) is 3.38. The van der Waals surface area contributed by atoms with Gasteiger partial charge in [-0.2, -0.15) is 13.2 Å². The minimum absolute atomic E-state index is 0.0961. The van der Waals surface area contributed by atoms with Gasteiger partial charge in [0, 0.05) is 17.3 Å². The number of aromatic nitrogens is 1. The zero-order chi connectivity index (χ0) is 16.6. The highest BCUT2D eigenvalue weighted by atomic mass is 19.4. The molecule has 118 valence electrons. The highest BCUT2D eigenvalue weighted by Gasteiger charge is 2.30. The lowest BCUT2D eigenvalue weighted by Crippen LogP contribution is -2.18. The molecule has 1 N–H and O–H groups in total. The standard InChI is InChI=1S/C17H13F3N2O/c1-11-5-6-15-12(9-11)7-8-22(15)16(23)21-14-4-2-3-13(10-14)17(18,19)20/h2-10H,1H3,(H,21,23). The molecule has 2 aromatic carbocycles. The molecule has 3 aromatic rings. The van der Waals surface area contributed by atoms with E-state index in [4.69, 9.17) is 0 Å². The Kier molecular flexibility index (Phi) is 3.60. The molecule has 0 saturated heterocycles.